The van der Waals surface area contributed by atoms with Gasteiger partial charge in [0.05, 0.1) is 7.11 Å². The third-order valence-corrected chi connectivity index (χ3v) is 5.40. The lowest BCUT2D eigenvalue weighted by Crippen LogP contribution is -2.18. The topological polar surface area (TPSA) is 67.3 Å². The molecule has 1 aliphatic heterocycles. The average molecular weight is 380 g/mol. The summed E-state index contributed by atoms with van der Waals surface area (Å²) >= 11 is 1.44. The number of anilines is 2. The van der Waals surface area contributed by atoms with Gasteiger partial charge < -0.3 is 15.0 Å². The molecule has 1 aromatic carbocycles. The fourth-order valence-corrected chi connectivity index (χ4v) is 3.82. The van der Waals surface area contributed by atoms with E-state index >= 15 is 0 Å². The summed E-state index contributed by atoms with van der Waals surface area (Å²) in [7, 11) is 1.61. The van der Waals surface area contributed by atoms with Gasteiger partial charge in [-0.25, -0.2) is 9.97 Å². The van der Waals surface area contributed by atoms with Crippen LogP contribution in [0.1, 0.15) is 23.3 Å². The zero-order chi connectivity index (χ0) is 18.6. The minimum absolute atomic E-state index is 0.232. The molecule has 7 heteroatoms. The van der Waals surface area contributed by atoms with Gasteiger partial charge in [0.15, 0.2) is 0 Å². The maximum atomic E-state index is 12.4. The molecule has 27 heavy (non-hydrogen) atoms. The fourth-order valence-electron chi connectivity index (χ4n) is 3.03. The van der Waals surface area contributed by atoms with Crippen molar-refractivity contribution in [3.63, 3.8) is 0 Å². The van der Waals surface area contributed by atoms with E-state index in [0.29, 0.717) is 11.4 Å². The second kappa shape index (κ2) is 7.75. The van der Waals surface area contributed by atoms with Crippen molar-refractivity contribution < 1.29 is 9.53 Å². The summed E-state index contributed by atoms with van der Waals surface area (Å²) in [5.74, 6) is 1.52. The molecule has 2 aromatic heterocycles. The van der Waals surface area contributed by atoms with Gasteiger partial charge in [0.2, 0.25) is 0 Å². The van der Waals surface area contributed by atoms with Gasteiger partial charge in [-0.3, -0.25) is 4.79 Å². The predicted molar refractivity (Wildman–Crippen MR) is 108 cm³/mol. The number of thiazole rings is 1. The smallest absolute Gasteiger partial charge is 0.275 e. The Bertz CT molecular complexity index is 916. The number of aromatic nitrogens is 2. The molecule has 0 bridgehead atoms. The predicted octanol–water partition coefficient (Wildman–Crippen LogP) is 4.07. The van der Waals surface area contributed by atoms with Crippen LogP contribution in [0.2, 0.25) is 0 Å². The Morgan fingerprint density at radius 1 is 1.15 bits per heavy atom. The van der Waals surface area contributed by atoms with Crippen molar-refractivity contribution in [1.82, 2.24) is 9.97 Å². The molecule has 1 fully saturated rings. The normalized spacial score (nSPS) is 13.6. The number of pyridine rings is 1. The lowest BCUT2D eigenvalue weighted by Gasteiger charge is -2.15. The summed E-state index contributed by atoms with van der Waals surface area (Å²) in [5.41, 5.74) is 2.02. The van der Waals surface area contributed by atoms with E-state index in [1.807, 2.05) is 18.3 Å². The Kier molecular flexibility index (Phi) is 5.02. The number of hydrogen-bond acceptors (Lipinski definition) is 6. The average Bonchev–Trinajstić information content (AvgIpc) is 3.41. The lowest BCUT2D eigenvalue weighted by molar-refractivity contribution is 0.102. The Hall–Kier alpha value is -2.93. The number of rotatable bonds is 5. The first kappa shape index (κ1) is 17.5. The molecule has 0 radical (unpaired) electrons. The number of benzene rings is 1. The van der Waals surface area contributed by atoms with Crippen LogP contribution in [-0.2, 0) is 0 Å². The Balaban J connectivity index is 1.44. The molecule has 1 saturated heterocycles. The largest absolute Gasteiger partial charge is 0.497 e. The van der Waals surface area contributed by atoms with Crippen LogP contribution in [0.5, 0.6) is 5.75 Å². The summed E-state index contributed by atoms with van der Waals surface area (Å²) in [6.45, 7) is 2.14. The van der Waals surface area contributed by atoms with Crippen molar-refractivity contribution in [3.05, 3.63) is 53.7 Å². The first-order valence-corrected chi connectivity index (χ1v) is 9.73. The zero-order valence-corrected chi connectivity index (χ0v) is 15.8. The van der Waals surface area contributed by atoms with Gasteiger partial charge >= 0.3 is 0 Å². The molecule has 3 heterocycles. The minimum atomic E-state index is -0.232. The highest BCUT2D eigenvalue weighted by Gasteiger charge is 2.15. The van der Waals surface area contributed by atoms with E-state index < -0.39 is 0 Å². The molecule has 4 rings (SSSR count). The summed E-state index contributed by atoms with van der Waals surface area (Å²) < 4.78 is 5.12. The molecule has 0 saturated carbocycles. The molecule has 1 amide bonds. The number of nitrogens with zero attached hydrogens (tertiary/aromatic N) is 3. The summed E-state index contributed by atoms with van der Waals surface area (Å²) in [4.78, 5) is 23.7. The van der Waals surface area contributed by atoms with Crippen molar-refractivity contribution >= 4 is 28.7 Å². The first-order valence-electron chi connectivity index (χ1n) is 8.85. The third-order valence-electron chi connectivity index (χ3n) is 4.51. The van der Waals surface area contributed by atoms with Crippen molar-refractivity contribution in [2.24, 2.45) is 0 Å². The van der Waals surface area contributed by atoms with Crippen LogP contribution in [0, 0.1) is 0 Å². The quantitative estimate of drug-likeness (QED) is 0.723. The van der Waals surface area contributed by atoms with Gasteiger partial charge in [-0.15, -0.1) is 11.3 Å². The van der Waals surface area contributed by atoms with Crippen molar-refractivity contribution in [2.75, 3.05) is 30.4 Å². The number of nitrogens with one attached hydrogen (secondary N) is 1. The van der Waals surface area contributed by atoms with Gasteiger partial charge in [0, 0.05) is 35.9 Å². The van der Waals surface area contributed by atoms with Gasteiger partial charge in [-0.1, -0.05) is 0 Å². The molecule has 138 valence electrons. The molecule has 1 N–H and O–H groups in total. The Morgan fingerprint density at radius 3 is 2.59 bits per heavy atom. The molecule has 0 spiro atoms. The molecule has 6 nitrogen and oxygen atoms in total. The van der Waals surface area contributed by atoms with Crippen LogP contribution >= 0.6 is 11.3 Å². The van der Waals surface area contributed by atoms with Crippen LogP contribution in [0.4, 0.5) is 11.5 Å². The van der Waals surface area contributed by atoms with E-state index in [-0.39, 0.29) is 5.91 Å². The van der Waals surface area contributed by atoms with Gasteiger partial charge in [0.25, 0.3) is 5.91 Å². The first-order chi connectivity index (χ1) is 13.2. The molecule has 0 unspecified atom stereocenters. The molecular weight excluding hydrogens is 360 g/mol. The second-order valence-corrected chi connectivity index (χ2v) is 7.18. The van der Waals surface area contributed by atoms with E-state index in [9.17, 15) is 4.79 Å². The Labute approximate surface area is 161 Å². The summed E-state index contributed by atoms with van der Waals surface area (Å²) in [6, 6.07) is 11.2. The highest BCUT2D eigenvalue weighted by Crippen LogP contribution is 2.26. The van der Waals surface area contributed by atoms with Crippen LogP contribution in [0.25, 0.3) is 10.6 Å². The van der Waals surface area contributed by atoms with Crippen molar-refractivity contribution in [2.45, 2.75) is 12.8 Å². The fraction of sp³-hybridized carbons (Fsp3) is 0.250. The third kappa shape index (κ3) is 3.93. The van der Waals surface area contributed by atoms with E-state index in [1.165, 1.54) is 24.2 Å². The van der Waals surface area contributed by atoms with Gasteiger partial charge in [-0.2, -0.15) is 0 Å². The van der Waals surface area contributed by atoms with Crippen LogP contribution < -0.4 is 15.0 Å². The van der Waals surface area contributed by atoms with Crippen LogP contribution in [0.3, 0.4) is 0 Å². The van der Waals surface area contributed by atoms with E-state index in [0.717, 1.165) is 35.2 Å². The standard InChI is InChI=1S/C20H20N4O2S/c1-26-16-7-5-15(6-8-16)22-19(25)17-13-27-20(23-17)14-4-9-18(21-12-14)24-10-2-3-11-24/h4-9,12-13H,2-3,10-11H2,1H3,(H,22,25). The number of hydrogen-bond donors (Lipinski definition) is 1. The van der Waals surface area contributed by atoms with E-state index in [2.05, 4.69) is 20.2 Å². The summed E-state index contributed by atoms with van der Waals surface area (Å²) in [6.07, 6.45) is 4.28. The minimum Gasteiger partial charge on any atom is -0.497 e. The zero-order valence-electron chi connectivity index (χ0n) is 15.0. The lowest BCUT2D eigenvalue weighted by atomic mass is 10.3. The maximum absolute atomic E-state index is 12.4. The Morgan fingerprint density at radius 2 is 1.93 bits per heavy atom. The molecule has 0 atom stereocenters. The monoisotopic (exact) mass is 380 g/mol. The number of amides is 1. The summed E-state index contributed by atoms with van der Waals surface area (Å²) in [5, 5.41) is 5.40. The number of carbonyl (C=O) groups is 1. The number of carbonyl (C=O) groups excluding carboxylic acids is 1. The molecule has 1 aliphatic rings. The highest BCUT2D eigenvalue weighted by atomic mass is 32.1. The highest BCUT2D eigenvalue weighted by molar-refractivity contribution is 7.13. The van der Waals surface area contributed by atoms with Crippen molar-refractivity contribution in [3.8, 4) is 16.3 Å². The molecule has 3 aromatic rings. The van der Waals surface area contributed by atoms with E-state index in [4.69, 9.17) is 4.74 Å². The maximum Gasteiger partial charge on any atom is 0.275 e. The second-order valence-electron chi connectivity index (χ2n) is 6.32. The number of ether oxygens (including phenoxy) is 1. The van der Waals surface area contributed by atoms with Crippen LogP contribution in [-0.4, -0.2) is 36.1 Å². The number of methoxy groups -OCH3 is 1. The van der Waals surface area contributed by atoms with E-state index in [1.54, 1.807) is 36.8 Å². The van der Waals surface area contributed by atoms with Gasteiger partial charge in [0.1, 0.15) is 22.3 Å². The van der Waals surface area contributed by atoms with Crippen LogP contribution in [0.15, 0.2) is 48.0 Å². The molecular formula is C20H20N4O2S. The van der Waals surface area contributed by atoms with Gasteiger partial charge in [-0.05, 0) is 49.2 Å². The molecule has 0 aliphatic carbocycles. The van der Waals surface area contributed by atoms with Crippen molar-refractivity contribution in [1.29, 1.82) is 0 Å². The SMILES string of the molecule is COc1ccc(NC(=O)c2csc(-c3ccc(N4CCCC4)nc3)n2)cc1.